The summed E-state index contributed by atoms with van der Waals surface area (Å²) in [6.07, 6.45) is 1.94. The number of amides is 4. The molecule has 0 unspecified atom stereocenters. The fourth-order valence-electron chi connectivity index (χ4n) is 5.22. The van der Waals surface area contributed by atoms with E-state index in [1.54, 1.807) is 35.2 Å². The summed E-state index contributed by atoms with van der Waals surface area (Å²) >= 11 is 6.11. The fourth-order valence-corrected chi connectivity index (χ4v) is 5.35. The number of rotatable bonds is 8. The predicted octanol–water partition coefficient (Wildman–Crippen LogP) is 5.56. The smallest absolute Gasteiger partial charge is 0.322 e. The van der Waals surface area contributed by atoms with Gasteiger partial charge in [0.15, 0.2) is 0 Å². The number of nitrogens with zero attached hydrogens (tertiary/aromatic N) is 2. The van der Waals surface area contributed by atoms with Gasteiger partial charge in [0.2, 0.25) is 5.91 Å². The molecule has 4 amide bonds. The molecule has 204 valence electrons. The van der Waals surface area contributed by atoms with Gasteiger partial charge in [-0.15, -0.1) is 6.58 Å². The summed E-state index contributed by atoms with van der Waals surface area (Å²) in [5.74, 6) is -0.585. The third kappa shape index (κ3) is 5.38. The Bertz CT molecular complexity index is 1500. The van der Waals surface area contributed by atoms with E-state index in [2.05, 4.69) is 17.2 Å². The van der Waals surface area contributed by atoms with Gasteiger partial charge < -0.3 is 15.5 Å². The molecule has 8 heteroatoms. The third-order valence-corrected chi connectivity index (χ3v) is 7.74. The van der Waals surface area contributed by atoms with E-state index in [4.69, 9.17) is 11.6 Å². The maximum atomic E-state index is 14.2. The van der Waals surface area contributed by atoms with Crippen molar-refractivity contribution in [1.29, 1.82) is 0 Å². The van der Waals surface area contributed by atoms with Gasteiger partial charge in [0, 0.05) is 23.7 Å². The topological polar surface area (TPSA) is 81.8 Å². The predicted molar refractivity (Wildman–Crippen MR) is 157 cm³/mol. The standard InChI is InChI=1S/C32H31ClN4O3/c1-4-16-36-27-19-37(31(39)28(27)29(35-32(36)40)23-11-13-24(33)14-12-23)26(18-22-8-6-5-7-9-22)30(38)34-25-15-10-20(2)21(3)17-25/h4-15,17,26,29H,1,16,18-19H2,2-3H3,(H,34,38)(H,35,40)/t26-,29+/m1/s1. The lowest BCUT2D eigenvalue weighted by Gasteiger charge is -2.33. The minimum atomic E-state index is -0.811. The second-order valence-electron chi connectivity index (χ2n) is 10.1. The molecule has 2 aliphatic heterocycles. The number of carbonyl (C=O) groups excluding carboxylic acids is 3. The zero-order chi connectivity index (χ0) is 28.4. The first-order valence-corrected chi connectivity index (χ1v) is 13.5. The number of anilines is 1. The second-order valence-corrected chi connectivity index (χ2v) is 10.6. The summed E-state index contributed by atoms with van der Waals surface area (Å²) in [5, 5.41) is 6.55. The number of aryl methyl sites for hydroxylation is 2. The van der Waals surface area contributed by atoms with Crippen LogP contribution in [0.4, 0.5) is 10.5 Å². The van der Waals surface area contributed by atoms with Crippen molar-refractivity contribution >= 4 is 35.1 Å². The third-order valence-electron chi connectivity index (χ3n) is 7.49. The summed E-state index contributed by atoms with van der Waals surface area (Å²) in [6.45, 7) is 8.15. The average molecular weight is 555 g/mol. The van der Waals surface area contributed by atoms with Crippen molar-refractivity contribution in [2.24, 2.45) is 0 Å². The van der Waals surface area contributed by atoms with Gasteiger partial charge in [0.05, 0.1) is 23.9 Å². The van der Waals surface area contributed by atoms with Crippen molar-refractivity contribution in [2.75, 3.05) is 18.4 Å². The Hall–Kier alpha value is -4.36. The molecule has 0 saturated heterocycles. The number of benzene rings is 3. The number of halogens is 1. The lowest BCUT2D eigenvalue weighted by atomic mass is 9.95. The van der Waals surface area contributed by atoms with Crippen LogP contribution in [0.25, 0.3) is 0 Å². The molecule has 5 rings (SSSR count). The van der Waals surface area contributed by atoms with Crippen molar-refractivity contribution in [3.63, 3.8) is 0 Å². The number of hydrogen-bond donors (Lipinski definition) is 2. The van der Waals surface area contributed by atoms with Gasteiger partial charge in [-0.25, -0.2) is 4.79 Å². The Morgan fingerprint density at radius 1 is 1.07 bits per heavy atom. The second kappa shape index (κ2) is 11.4. The maximum Gasteiger partial charge on any atom is 0.322 e. The highest BCUT2D eigenvalue weighted by Gasteiger charge is 2.47. The Morgan fingerprint density at radius 3 is 2.48 bits per heavy atom. The number of hydrogen-bond acceptors (Lipinski definition) is 3. The SMILES string of the molecule is C=CCN1C(=O)N[C@@H](c2ccc(Cl)cc2)C2=C1CN([C@H](Cc1ccccc1)C(=O)Nc1ccc(C)c(C)c1)C2=O. The Kier molecular flexibility index (Phi) is 7.76. The molecule has 2 aliphatic rings. The number of carbonyl (C=O) groups is 3. The highest BCUT2D eigenvalue weighted by Crippen LogP contribution is 2.38. The monoisotopic (exact) mass is 554 g/mol. The molecule has 2 heterocycles. The van der Waals surface area contributed by atoms with Gasteiger partial charge in [-0.3, -0.25) is 14.5 Å². The molecule has 0 fully saturated rings. The van der Waals surface area contributed by atoms with Crippen LogP contribution in [0.3, 0.4) is 0 Å². The van der Waals surface area contributed by atoms with Crippen molar-refractivity contribution < 1.29 is 14.4 Å². The number of nitrogens with one attached hydrogen (secondary N) is 2. The van der Waals surface area contributed by atoms with E-state index in [1.165, 1.54) is 4.90 Å². The van der Waals surface area contributed by atoms with Crippen LogP contribution in [0.15, 0.2) is 96.7 Å². The van der Waals surface area contributed by atoms with Gasteiger partial charge in [-0.1, -0.05) is 66.2 Å². The van der Waals surface area contributed by atoms with E-state index in [0.29, 0.717) is 28.4 Å². The molecule has 3 aromatic rings. The molecule has 0 aliphatic carbocycles. The highest BCUT2D eigenvalue weighted by atomic mass is 35.5. The Morgan fingerprint density at radius 2 is 1.80 bits per heavy atom. The Balaban J connectivity index is 1.52. The van der Waals surface area contributed by atoms with E-state index in [9.17, 15) is 14.4 Å². The molecule has 0 spiro atoms. The van der Waals surface area contributed by atoms with Crippen molar-refractivity contribution in [1.82, 2.24) is 15.1 Å². The maximum absolute atomic E-state index is 14.2. The van der Waals surface area contributed by atoms with Crippen LogP contribution < -0.4 is 10.6 Å². The number of urea groups is 1. The molecule has 3 aromatic carbocycles. The molecule has 0 saturated carbocycles. The summed E-state index contributed by atoms with van der Waals surface area (Å²) in [7, 11) is 0. The molecule has 0 aromatic heterocycles. The van der Waals surface area contributed by atoms with Crippen LogP contribution in [0.1, 0.15) is 28.3 Å². The van der Waals surface area contributed by atoms with Gasteiger partial charge in [-0.05, 0) is 60.4 Å². The van der Waals surface area contributed by atoms with Gasteiger partial charge in [-0.2, -0.15) is 0 Å². The largest absolute Gasteiger partial charge is 0.326 e. The minimum absolute atomic E-state index is 0.122. The summed E-state index contributed by atoms with van der Waals surface area (Å²) < 4.78 is 0. The molecule has 2 N–H and O–H groups in total. The minimum Gasteiger partial charge on any atom is -0.326 e. The molecule has 0 radical (unpaired) electrons. The molecule has 2 atom stereocenters. The van der Waals surface area contributed by atoms with E-state index in [0.717, 1.165) is 22.3 Å². The summed E-state index contributed by atoms with van der Waals surface area (Å²) in [6, 6.07) is 20.6. The zero-order valence-corrected chi connectivity index (χ0v) is 23.2. The molecule has 0 bridgehead atoms. The van der Waals surface area contributed by atoms with Gasteiger partial charge in [0.25, 0.3) is 5.91 Å². The molecular formula is C32H31ClN4O3. The van der Waals surface area contributed by atoms with Crippen molar-refractivity contribution in [3.05, 3.63) is 124 Å². The molecule has 40 heavy (non-hydrogen) atoms. The van der Waals surface area contributed by atoms with E-state index >= 15 is 0 Å². The fraction of sp³-hybridized carbons (Fsp3) is 0.219. The highest BCUT2D eigenvalue weighted by molar-refractivity contribution is 6.30. The Labute approximate surface area is 239 Å². The van der Waals surface area contributed by atoms with Crippen LogP contribution in [-0.2, 0) is 16.0 Å². The van der Waals surface area contributed by atoms with Crippen LogP contribution in [0.2, 0.25) is 5.02 Å². The first-order valence-electron chi connectivity index (χ1n) is 13.2. The van der Waals surface area contributed by atoms with Crippen molar-refractivity contribution in [2.45, 2.75) is 32.4 Å². The van der Waals surface area contributed by atoms with E-state index in [1.807, 2.05) is 62.4 Å². The first-order chi connectivity index (χ1) is 19.3. The zero-order valence-electron chi connectivity index (χ0n) is 22.5. The summed E-state index contributed by atoms with van der Waals surface area (Å²) in [5.41, 5.74) is 5.52. The quantitative estimate of drug-likeness (QED) is 0.358. The normalized spacial score (nSPS) is 17.4. The first kappa shape index (κ1) is 27.2. The van der Waals surface area contributed by atoms with Gasteiger partial charge >= 0.3 is 6.03 Å². The van der Waals surface area contributed by atoms with E-state index in [-0.39, 0.29) is 30.9 Å². The molecule has 7 nitrogen and oxygen atoms in total. The van der Waals surface area contributed by atoms with Gasteiger partial charge in [0.1, 0.15) is 6.04 Å². The van der Waals surface area contributed by atoms with Crippen LogP contribution >= 0.6 is 11.6 Å². The van der Waals surface area contributed by atoms with E-state index < -0.39 is 12.1 Å². The van der Waals surface area contributed by atoms with Crippen molar-refractivity contribution in [3.8, 4) is 0 Å². The molecular weight excluding hydrogens is 524 g/mol. The lowest BCUT2D eigenvalue weighted by Crippen LogP contribution is -2.47. The summed E-state index contributed by atoms with van der Waals surface area (Å²) in [4.78, 5) is 44.3. The average Bonchev–Trinajstić information content (AvgIpc) is 3.28. The lowest BCUT2D eigenvalue weighted by molar-refractivity contribution is -0.134. The van der Waals surface area contributed by atoms with Crippen LogP contribution in [0.5, 0.6) is 0 Å². The van der Waals surface area contributed by atoms with Crippen LogP contribution in [0, 0.1) is 13.8 Å². The van der Waals surface area contributed by atoms with Crippen LogP contribution in [-0.4, -0.2) is 46.8 Å².